The van der Waals surface area contributed by atoms with Crippen LogP contribution in [-0.4, -0.2) is 28.1 Å². The molecule has 0 radical (unpaired) electrons. The number of carbonyl (C=O) groups excluding carboxylic acids is 1. The summed E-state index contributed by atoms with van der Waals surface area (Å²) in [6.45, 7) is 0. The molecule has 0 bridgehead atoms. The van der Waals surface area contributed by atoms with Crippen LogP contribution in [-0.2, 0) is 0 Å². The lowest BCUT2D eigenvalue weighted by Crippen LogP contribution is -2.34. The highest BCUT2D eigenvalue weighted by atomic mass is 35.5. The first-order chi connectivity index (χ1) is 14.9. The fraction of sp³-hybridized carbons (Fsp3) is 0.0476. The number of carbonyl (C=O) groups is 1. The van der Waals surface area contributed by atoms with E-state index in [0.717, 1.165) is 5.56 Å². The number of ether oxygens (including phenoxy) is 1. The quantitative estimate of drug-likeness (QED) is 0.387. The average Bonchev–Trinajstić information content (AvgIpc) is 3.17. The van der Waals surface area contributed by atoms with Crippen molar-refractivity contribution in [3.05, 3.63) is 70.5 Å². The van der Waals surface area contributed by atoms with Crippen LogP contribution in [0.3, 0.4) is 0 Å². The maximum Gasteiger partial charge on any atom is 0.257 e. The zero-order valence-electron chi connectivity index (χ0n) is 16.0. The third kappa shape index (κ3) is 4.61. The Hall–Kier alpha value is -3.20. The molecule has 1 amide bonds. The number of hydrogen-bond acceptors (Lipinski definition) is 6. The van der Waals surface area contributed by atoms with Crippen molar-refractivity contribution in [2.45, 2.75) is 0 Å². The zero-order chi connectivity index (χ0) is 22.0. The summed E-state index contributed by atoms with van der Waals surface area (Å²) in [4.78, 5) is 21.0. The number of benzene rings is 2. The summed E-state index contributed by atoms with van der Waals surface area (Å²) in [5.41, 5.74) is 2.96. The van der Waals surface area contributed by atoms with Gasteiger partial charge in [0, 0.05) is 29.2 Å². The van der Waals surface area contributed by atoms with E-state index >= 15 is 0 Å². The van der Waals surface area contributed by atoms with Gasteiger partial charge in [-0.1, -0.05) is 23.2 Å². The maximum absolute atomic E-state index is 12.5. The van der Waals surface area contributed by atoms with Crippen LogP contribution in [0.25, 0.3) is 22.6 Å². The summed E-state index contributed by atoms with van der Waals surface area (Å²) in [6.07, 6.45) is 3.34. The van der Waals surface area contributed by atoms with Gasteiger partial charge in [-0.25, -0.2) is 4.98 Å². The molecule has 2 heterocycles. The van der Waals surface area contributed by atoms with Gasteiger partial charge in [-0.15, -0.1) is 0 Å². The van der Waals surface area contributed by atoms with Gasteiger partial charge in [0.25, 0.3) is 5.91 Å². The highest BCUT2D eigenvalue weighted by Gasteiger charge is 2.15. The molecule has 31 heavy (non-hydrogen) atoms. The van der Waals surface area contributed by atoms with Crippen LogP contribution in [0, 0.1) is 0 Å². The van der Waals surface area contributed by atoms with Crippen molar-refractivity contribution in [3.63, 3.8) is 0 Å². The first-order valence-corrected chi connectivity index (χ1v) is 10.1. The smallest absolute Gasteiger partial charge is 0.257 e. The van der Waals surface area contributed by atoms with Crippen LogP contribution in [0.15, 0.2) is 59.3 Å². The monoisotopic (exact) mass is 472 g/mol. The average molecular weight is 473 g/mol. The second-order valence-electron chi connectivity index (χ2n) is 6.32. The molecular formula is C21H14Cl2N4O3S. The van der Waals surface area contributed by atoms with Gasteiger partial charge < -0.3 is 14.5 Å². The van der Waals surface area contributed by atoms with Crippen LogP contribution >= 0.6 is 35.4 Å². The Morgan fingerprint density at radius 2 is 1.81 bits per heavy atom. The first-order valence-electron chi connectivity index (χ1n) is 8.91. The van der Waals surface area contributed by atoms with E-state index in [1.165, 1.54) is 19.2 Å². The minimum absolute atomic E-state index is 0.102. The number of aromatic nitrogens is 2. The summed E-state index contributed by atoms with van der Waals surface area (Å²) in [7, 11) is 1.44. The van der Waals surface area contributed by atoms with Crippen LogP contribution in [0.4, 0.5) is 5.69 Å². The van der Waals surface area contributed by atoms with E-state index in [1.807, 2.05) is 12.1 Å². The number of hydrogen-bond donors (Lipinski definition) is 2. The van der Waals surface area contributed by atoms with Crippen molar-refractivity contribution < 1.29 is 13.9 Å². The van der Waals surface area contributed by atoms with Gasteiger partial charge in [0.1, 0.15) is 5.52 Å². The SMILES string of the molecule is COc1c(Cl)cc(C(=O)NC(=S)Nc2ccc3oc(-c4ccncc4)nc3c2)cc1Cl. The normalized spacial score (nSPS) is 10.7. The Morgan fingerprint density at radius 3 is 2.48 bits per heavy atom. The molecule has 2 aromatic carbocycles. The molecule has 10 heteroatoms. The largest absolute Gasteiger partial charge is 0.494 e. The number of methoxy groups -OCH3 is 1. The summed E-state index contributed by atoms with van der Waals surface area (Å²) < 4.78 is 10.9. The second-order valence-corrected chi connectivity index (χ2v) is 7.54. The summed E-state index contributed by atoms with van der Waals surface area (Å²) in [5.74, 6) is 0.317. The first kappa shape index (κ1) is 21.0. The van der Waals surface area contributed by atoms with Gasteiger partial charge in [-0.2, -0.15) is 0 Å². The summed E-state index contributed by atoms with van der Waals surface area (Å²) in [5, 5.41) is 6.09. The predicted octanol–water partition coefficient (Wildman–Crippen LogP) is 5.33. The topological polar surface area (TPSA) is 89.3 Å². The van der Waals surface area contributed by atoms with Gasteiger partial charge >= 0.3 is 0 Å². The van der Waals surface area contributed by atoms with Gasteiger partial charge in [0.05, 0.1) is 17.2 Å². The fourth-order valence-electron chi connectivity index (χ4n) is 2.85. The number of rotatable bonds is 4. The molecule has 2 aromatic heterocycles. The molecule has 7 nitrogen and oxygen atoms in total. The van der Waals surface area contributed by atoms with Gasteiger partial charge in [-0.05, 0) is 54.7 Å². The maximum atomic E-state index is 12.5. The standard InChI is InChI=1S/C21H14Cl2N4O3S/c1-29-18-14(22)8-12(9-15(18)23)19(28)27-21(31)25-13-2-3-17-16(10-13)26-20(30-17)11-4-6-24-7-5-11/h2-10H,1H3,(H2,25,27,28,31). The Bertz CT molecular complexity index is 1270. The molecule has 156 valence electrons. The number of halogens is 2. The van der Waals surface area contributed by atoms with Gasteiger partial charge in [0.2, 0.25) is 5.89 Å². The van der Waals surface area contributed by atoms with E-state index < -0.39 is 5.91 Å². The van der Waals surface area contributed by atoms with Crippen LogP contribution in [0.1, 0.15) is 10.4 Å². The van der Waals surface area contributed by atoms with Crippen molar-refractivity contribution in [3.8, 4) is 17.2 Å². The minimum Gasteiger partial charge on any atom is -0.494 e. The third-order valence-electron chi connectivity index (χ3n) is 4.26. The molecule has 4 rings (SSSR count). The van der Waals surface area contributed by atoms with E-state index in [4.69, 9.17) is 44.6 Å². The molecule has 0 aliphatic heterocycles. The number of oxazole rings is 1. The Morgan fingerprint density at radius 1 is 1.10 bits per heavy atom. The molecule has 0 saturated heterocycles. The highest BCUT2D eigenvalue weighted by Crippen LogP contribution is 2.33. The number of anilines is 1. The summed E-state index contributed by atoms with van der Waals surface area (Å²) in [6, 6.07) is 11.8. The molecule has 0 aliphatic rings. The molecule has 0 fully saturated rings. The van der Waals surface area contributed by atoms with E-state index in [1.54, 1.807) is 30.6 Å². The molecule has 0 atom stereocenters. The zero-order valence-corrected chi connectivity index (χ0v) is 18.3. The number of nitrogens with zero attached hydrogens (tertiary/aromatic N) is 2. The van der Waals surface area contributed by atoms with Crippen molar-refractivity contribution in [2.75, 3.05) is 12.4 Å². The third-order valence-corrected chi connectivity index (χ3v) is 5.03. The van der Waals surface area contributed by atoms with E-state index in [-0.39, 0.29) is 20.7 Å². The lowest BCUT2D eigenvalue weighted by atomic mass is 10.2. The fourth-order valence-corrected chi connectivity index (χ4v) is 3.70. The highest BCUT2D eigenvalue weighted by molar-refractivity contribution is 7.80. The van der Waals surface area contributed by atoms with Crippen molar-refractivity contribution in [1.82, 2.24) is 15.3 Å². The van der Waals surface area contributed by atoms with Gasteiger partial charge in [-0.3, -0.25) is 15.1 Å². The molecule has 0 saturated carbocycles. The molecule has 0 unspecified atom stereocenters. The number of thiocarbonyl (C=S) groups is 1. The molecule has 0 spiro atoms. The van der Waals surface area contributed by atoms with Crippen molar-refractivity contribution >= 4 is 63.2 Å². The Balaban J connectivity index is 1.47. The minimum atomic E-state index is -0.466. The molecule has 2 N–H and O–H groups in total. The summed E-state index contributed by atoms with van der Waals surface area (Å²) >= 11 is 17.4. The number of amides is 1. The number of fused-ring (bicyclic) bond motifs is 1. The lowest BCUT2D eigenvalue weighted by molar-refractivity contribution is 0.0977. The van der Waals surface area contributed by atoms with Crippen LogP contribution < -0.4 is 15.4 Å². The van der Waals surface area contributed by atoms with Crippen molar-refractivity contribution in [1.29, 1.82) is 0 Å². The lowest BCUT2D eigenvalue weighted by Gasteiger charge is -2.11. The van der Waals surface area contributed by atoms with E-state index in [9.17, 15) is 4.79 Å². The van der Waals surface area contributed by atoms with E-state index in [0.29, 0.717) is 28.4 Å². The Kier molecular flexibility index (Phi) is 6.03. The molecule has 4 aromatic rings. The van der Waals surface area contributed by atoms with Crippen molar-refractivity contribution in [2.24, 2.45) is 0 Å². The molecular weight excluding hydrogens is 459 g/mol. The Labute approximate surface area is 192 Å². The van der Waals surface area contributed by atoms with Crippen LogP contribution in [0.5, 0.6) is 5.75 Å². The second kappa shape index (κ2) is 8.89. The number of nitrogens with one attached hydrogen (secondary N) is 2. The van der Waals surface area contributed by atoms with Crippen LogP contribution in [0.2, 0.25) is 10.0 Å². The number of pyridine rings is 1. The van der Waals surface area contributed by atoms with E-state index in [2.05, 4.69) is 20.6 Å². The molecule has 0 aliphatic carbocycles. The predicted molar refractivity (Wildman–Crippen MR) is 124 cm³/mol. The van der Waals surface area contributed by atoms with Gasteiger partial charge in [0.15, 0.2) is 16.4 Å².